The van der Waals surface area contributed by atoms with Crippen LogP contribution in [0.4, 0.5) is 5.69 Å². The second-order valence-corrected chi connectivity index (χ2v) is 29.1. The number of carboxylic acid groups (broad SMARTS) is 1. The minimum absolute atomic E-state index is 0.149. The zero-order valence-electron chi connectivity index (χ0n) is 58.0. The number of anilines is 1. The number of rotatable bonds is 9. The fourth-order valence-corrected chi connectivity index (χ4v) is 15.1. The number of fused-ring (bicyclic) bond motifs is 14. The summed E-state index contributed by atoms with van der Waals surface area (Å²) in [5.74, 6) is -17.3. The van der Waals surface area contributed by atoms with E-state index in [1.165, 1.54) is 49.4 Å². The van der Waals surface area contributed by atoms with Gasteiger partial charge in [-0.2, -0.15) is 4.72 Å². The van der Waals surface area contributed by atoms with E-state index in [1.54, 1.807) is 0 Å². The van der Waals surface area contributed by atoms with Gasteiger partial charge in [-0.3, -0.25) is 38.9 Å². The van der Waals surface area contributed by atoms with Crippen LogP contribution in [0.3, 0.4) is 0 Å². The Morgan fingerprint density at radius 1 is 0.571 bits per heavy atom. The number of aliphatic carboxylic acids is 1. The molecular formula is C74H67Cl2N9O26S. The highest BCUT2D eigenvalue weighted by atomic mass is 35.5. The van der Waals surface area contributed by atoms with E-state index in [-0.39, 0.29) is 55.6 Å². The minimum Gasteiger partial charge on any atom is -0.508 e. The van der Waals surface area contributed by atoms with Gasteiger partial charge >= 0.3 is 5.97 Å². The lowest BCUT2D eigenvalue weighted by Gasteiger charge is -2.44. The van der Waals surface area contributed by atoms with Crippen molar-refractivity contribution in [3.8, 4) is 80.1 Å². The van der Waals surface area contributed by atoms with Crippen LogP contribution in [0.25, 0.3) is 11.1 Å². The summed E-state index contributed by atoms with van der Waals surface area (Å²) in [4.78, 5) is 117. The molecule has 15 rings (SSSR count). The predicted molar refractivity (Wildman–Crippen MR) is 387 cm³/mol. The molecule has 7 heterocycles. The summed E-state index contributed by atoms with van der Waals surface area (Å²) < 4.78 is 62.5. The Hall–Kier alpha value is -12.1. The van der Waals surface area contributed by atoms with E-state index in [9.17, 15) is 79.0 Å². The molecule has 14 atom stereocenters. The third kappa shape index (κ3) is 16.1. The van der Waals surface area contributed by atoms with E-state index in [4.69, 9.17) is 46.9 Å². The second kappa shape index (κ2) is 31.4. The first-order valence-electron chi connectivity index (χ1n) is 33.9. The number of benzene rings is 8. The average Bonchev–Trinajstić information content (AvgIpc) is 0.764. The van der Waals surface area contributed by atoms with Crippen molar-refractivity contribution in [3.05, 3.63) is 189 Å². The van der Waals surface area contributed by atoms with Crippen LogP contribution in [-0.4, -0.2) is 167 Å². The second-order valence-electron chi connectivity index (χ2n) is 26.6. The van der Waals surface area contributed by atoms with Crippen LogP contribution >= 0.6 is 23.2 Å². The van der Waals surface area contributed by atoms with Crippen molar-refractivity contribution in [1.82, 2.24) is 41.9 Å². The van der Waals surface area contributed by atoms with Crippen LogP contribution < -0.4 is 61.5 Å². The smallest absolute Gasteiger partial charge is 0.330 e. The third-order valence-electron chi connectivity index (χ3n) is 18.8. The van der Waals surface area contributed by atoms with E-state index in [0.29, 0.717) is 0 Å². The molecule has 7 aliphatic heterocycles. The fourth-order valence-electron chi connectivity index (χ4n) is 13.5. The Morgan fingerprint density at radius 2 is 1.21 bits per heavy atom. The maximum Gasteiger partial charge on any atom is 0.330 e. The van der Waals surface area contributed by atoms with Crippen molar-refractivity contribution in [1.29, 1.82) is 0 Å². The van der Waals surface area contributed by atoms with E-state index in [2.05, 4.69) is 47.3 Å². The number of sulfonamides is 1. The molecule has 0 spiro atoms. The highest BCUT2D eigenvalue weighted by Gasteiger charge is 2.49. The molecule has 1 saturated heterocycles. The average molecular weight is 1600 g/mol. The normalized spacial score (nSPS) is 24.4. The number of aliphatic hydroxyl groups is 4. The number of carboxylic acids is 1. The number of aliphatic hydroxyl groups excluding tert-OH is 4. The topological polar surface area (TPSA) is 548 Å². The molecule has 0 aliphatic carbocycles. The van der Waals surface area contributed by atoms with Crippen LogP contribution in [0.5, 0.6) is 69.0 Å². The van der Waals surface area contributed by atoms with Gasteiger partial charge in [0.1, 0.15) is 107 Å². The first-order valence-corrected chi connectivity index (χ1v) is 36.1. The van der Waals surface area contributed by atoms with Crippen molar-refractivity contribution in [3.63, 3.8) is 0 Å². The first kappa shape index (κ1) is 78.1. The minimum atomic E-state index is -4.79. The van der Waals surface area contributed by atoms with Gasteiger partial charge in [-0.05, 0) is 137 Å². The molecular weight excluding hydrogens is 1530 g/mol. The van der Waals surface area contributed by atoms with Gasteiger partial charge in [-0.25, -0.2) is 13.2 Å². The molecule has 0 saturated carbocycles. The van der Waals surface area contributed by atoms with E-state index < -0.39 is 240 Å². The number of nitrogens with one attached hydrogen (secondary N) is 9. The molecule has 8 aromatic rings. The molecule has 1 fully saturated rings. The Bertz CT molecular complexity index is 5300. The predicted octanol–water partition coefficient (Wildman–Crippen LogP) is 3.72. The summed E-state index contributed by atoms with van der Waals surface area (Å²) in [7, 11) is -4.79. The van der Waals surface area contributed by atoms with Crippen LogP contribution in [0, 0.1) is 0 Å². The number of carbonyl (C=O) groups is 8. The number of carbonyl (C=O) groups excluding carboxylic acids is 7. The molecule has 0 radical (unpaired) electrons. The Labute approximate surface area is 642 Å². The van der Waals surface area contributed by atoms with Crippen molar-refractivity contribution < 1.29 is 127 Å². The molecule has 17 bridgehead atoms. The first-order chi connectivity index (χ1) is 53.2. The fraction of sp³-hybridized carbons (Fsp3) is 0.243. The number of phenols is 6. The number of phenolic OH excluding ortho intramolecular Hbond substituents is 6. The lowest BCUT2D eigenvalue weighted by atomic mass is 9.89. The monoisotopic (exact) mass is 1600 g/mol. The van der Waals surface area contributed by atoms with Crippen LogP contribution in [0.1, 0.15) is 89.1 Å². The summed E-state index contributed by atoms with van der Waals surface area (Å²) >= 11 is 14.2. The summed E-state index contributed by atoms with van der Waals surface area (Å²) in [5.41, 5.74) is -2.87. The van der Waals surface area contributed by atoms with Crippen LogP contribution in [0.15, 0.2) is 144 Å². The SMILES string of the molecule is CC(=O)Nc1ccc(S(=O)(=O)N[C@H]2C(=O)N[C@@H]3Cc4ccc(c(Cl)c4)Oc4cc5cc(c4O)Oc4ccc(cc4Cl)[C@@H](O[C@@H]4O[C@H](CO)[C@@H](O)[C@H](O)[C@H]4NC(C)=O)[C@H]4NC(=O)[C@H](NC(O)[C@@H]5NC(=O)[C@@H](NC3=O)c3cc(O)cc(c3)Oc3cc2ccc3O)c2ccc(O)c(c2)-c2c(O)cc(O)cc2[C@H](C(=O)O)NC4=O)cc1. The van der Waals surface area contributed by atoms with Gasteiger partial charge in [0.05, 0.1) is 27.6 Å². The molecule has 20 N–H and O–H groups in total. The largest absolute Gasteiger partial charge is 0.508 e. The van der Waals surface area contributed by atoms with Gasteiger partial charge in [0.2, 0.25) is 57.1 Å². The maximum atomic E-state index is 16.1. The van der Waals surface area contributed by atoms with E-state index in [0.717, 1.165) is 104 Å². The molecule has 584 valence electrons. The number of halogens is 2. The summed E-state index contributed by atoms with van der Waals surface area (Å²) in [6.07, 6.45) is -13.0. The Kier molecular flexibility index (Phi) is 21.9. The highest BCUT2D eigenvalue weighted by molar-refractivity contribution is 7.89. The Balaban J connectivity index is 1.01. The van der Waals surface area contributed by atoms with Gasteiger partial charge < -0.3 is 117 Å². The van der Waals surface area contributed by atoms with Gasteiger partial charge in [0.15, 0.2) is 35.3 Å². The highest BCUT2D eigenvalue weighted by Crippen LogP contribution is 2.49. The molecule has 1 unspecified atom stereocenters. The lowest BCUT2D eigenvalue weighted by Crippen LogP contribution is -2.65. The third-order valence-corrected chi connectivity index (χ3v) is 20.8. The van der Waals surface area contributed by atoms with Gasteiger partial charge in [0, 0.05) is 54.8 Å². The molecule has 7 amide bonds. The van der Waals surface area contributed by atoms with E-state index in [1.807, 2.05) is 0 Å². The molecule has 38 heteroatoms. The lowest BCUT2D eigenvalue weighted by molar-refractivity contribution is -0.284. The summed E-state index contributed by atoms with van der Waals surface area (Å²) in [6.45, 7) is 1.23. The quantitative estimate of drug-likeness (QED) is 0.0979. The molecule has 112 heavy (non-hydrogen) atoms. The molecule has 0 aromatic heterocycles. The summed E-state index contributed by atoms with van der Waals surface area (Å²) in [5, 5.41) is 147. The zero-order chi connectivity index (χ0) is 80.2. The van der Waals surface area contributed by atoms with Gasteiger partial charge in [-0.1, -0.05) is 47.5 Å². The standard InChI is InChI=1S/C74H67Cl2N9O26S/c1-28(87)77-36-7-9-40(10-8-36)112(105,106)85-59-32-5-12-47(92)51(21-32)107-39-18-34(17-37(89)24-39)57-69(99)82-58-35-22-52(108-49-13-3-30(15-43(49)75)16-45(67(97)80-57)79-71(59)101)63(94)53(23-35)109-50-14-6-33(20-44(50)76)66(111-74-61(78-29(2)88)65(96)64(95)54(27-86)110-74)62-72(102)83-60(73(103)104)42-25-38(90)26-48(93)55(42)41-19-31(4-11-46(41)91)56(68(98)84-62)81-70(58)100/h3-15,17-26,45,54,56-62,64-66,70,74,81,85-86,89-96,100H,16,27H2,1-2H3,(H,77,87)(H,78,88)(H,79,101)(H,80,97)(H,82,99)(H,83,102)(H,84,98)(H,103,104)/t45-,54-,56-,57+,58-,59-,60-,61-,62-,64-,65-,66-,70?,74+/m1/s1. The molecule has 35 nitrogen and oxygen atoms in total. The van der Waals surface area contributed by atoms with Gasteiger partial charge in [0.25, 0.3) is 0 Å². The van der Waals surface area contributed by atoms with Crippen molar-refractivity contribution in [2.45, 2.75) is 110 Å². The number of ether oxygens (including phenoxy) is 5. The van der Waals surface area contributed by atoms with Crippen molar-refractivity contribution in [2.24, 2.45) is 0 Å². The van der Waals surface area contributed by atoms with Crippen molar-refractivity contribution >= 4 is 86.2 Å². The summed E-state index contributed by atoms with van der Waals surface area (Å²) in [6, 6.07) is 8.26. The van der Waals surface area contributed by atoms with Gasteiger partial charge in [-0.15, -0.1) is 0 Å². The van der Waals surface area contributed by atoms with Crippen LogP contribution in [-0.2, 0) is 64.3 Å². The van der Waals surface area contributed by atoms with Crippen LogP contribution in [0.2, 0.25) is 10.0 Å². The van der Waals surface area contributed by atoms with Crippen molar-refractivity contribution in [2.75, 3.05) is 11.9 Å². The molecule has 8 aromatic carbocycles. The Morgan fingerprint density at radius 3 is 1.88 bits per heavy atom. The zero-order valence-corrected chi connectivity index (χ0v) is 60.3. The number of aromatic hydroxyl groups is 6. The van der Waals surface area contributed by atoms with E-state index >= 15 is 24.0 Å². The maximum absolute atomic E-state index is 16.1. The number of hydrogen-bond acceptors (Lipinski definition) is 26. The molecule has 7 aliphatic rings. The number of hydrogen-bond donors (Lipinski definition) is 20. The number of amides is 7.